The molecule has 3 rings (SSSR count). The molecule has 0 aliphatic carbocycles. The van der Waals surface area contributed by atoms with Gasteiger partial charge in [-0.1, -0.05) is 0 Å². The second-order valence-corrected chi connectivity index (χ2v) is 5.15. The summed E-state index contributed by atoms with van der Waals surface area (Å²) in [6.45, 7) is 2.76. The van der Waals surface area contributed by atoms with Crippen molar-refractivity contribution in [2.24, 2.45) is 4.99 Å². The van der Waals surface area contributed by atoms with Crippen LogP contribution in [0.3, 0.4) is 0 Å². The lowest BCUT2D eigenvalue weighted by Gasteiger charge is -2.18. The predicted octanol–water partition coefficient (Wildman–Crippen LogP) is 2.02. The Morgan fingerprint density at radius 1 is 1.35 bits per heavy atom. The van der Waals surface area contributed by atoms with E-state index in [4.69, 9.17) is 0 Å². The van der Waals surface area contributed by atoms with Gasteiger partial charge in [0.25, 0.3) is 0 Å². The Kier molecular flexibility index (Phi) is 3.35. The molecular formula is C13H12BrN5O. The van der Waals surface area contributed by atoms with Crippen LogP contribution in [-0.2, 0) is 4.79 Å². The van der Waals surface area contributed by atoms with E-state index in [9.17, 15) is 4.79 Å². The largest absolute Gasteiger partial charge is 0.325 e. The first kappa shape index (κ1) is 13.0. The molecule has 0 saturated heterocycles. The fraction of sp³-hybridized carbons (Fsp3) is 0.231. The van der Waals surface area contributed by atoms with E-state index in [0.29, 0.717) is 19.0 Å². The Morgan fingerprint density at radius 3 is 2.95 bits per heavy atom. The second-order valence-electron chi connectivity index (χ2n) is 4.35. The highest BCUT2D eigenvalue weighted by atomic mass is 79.9. The van der Waals surface area contributed by atoms with Gasteiger partial charge in [0.2, 0.25) is 11.9 Å². The third-order valence-corrected chi connectivity index (χ3v) is 3.85. The van der Waals surface area contributed by atoms with Crippen LogP contribution in [0, 0.1) is 0 Å². The van der Waals surface area contributed by atoms with Gasteiger partial charge in [-0.25, -0.2) is 0 Å². The summed E-state index contributed by atoms with van der Waals surface area (Å²) in [7, 11) is 0. The van der Waals surface area contributed by atoms with E-state index in [1.54, 1.807) is 17.3 Å². The standard InChI is InChI=1S/C13H12BrN5O/c1-8(20)19-7-6-17-13(19)18-9-2-3-10-12(11(9)14)16-5-4-15-10/h2-5H,6-7H2,1H3,(H,17,18). The SMILES string of the molecule is CC(=O)N1CCN=C1Nc1ccc2nccnc2c1Br. The van der Waals surface area contributed by atoms with E-state index in [1.807, 2.05) is 12.1 Å². The number of amides is 1. The van der Waals surface area contributed by atoms with Crippen molar-refractivity contribution in [3.8, 4) is 0 Å². The number of hydrogen-bond acceptors (Lipinski definition) is 5. The number of guanidine groups is 1. The highest BCUT2D eigenvalue weighted by Crippen LogP contribution is 2.29. The van der Waals surface area contributed by atoms with Crippen LogP contribution in [0.2, 0.25) is 0 Å². The van der Waals surface area contributed by atoms with Crippen molar-refractivity contribution < 1.29 is 4.79 Å². The number of halogens is 1. The molecule has 20 heavy (non-hydrogen) atoms. The molecule has 0 spiro atoms. The number of aromatic nitrogens is 2. The lowest BCUT2D eigenvalue weighted by atomic mass is 10.2. The molecule has 1 aromatic heterocycles. The van der Waals surface area contributed by atoms with Crippen molar-refractivity contribution >= 4 is 44.5 Å². The number of nitrogens with one attached hydrogen (secondary N) is 1. The average Bonchev–Trinajstić information content (AvgIpc) is 2.91. The summed E-state index contributed by atoms with van der Waals surface area (Å²) < 4.78 is 0.807. The van der Waals surface area contributed by atoms with E-state index < -0.39 is 0 Å². The van der Waals surface area contributed by atoms with Gasteiger partial charge in [0, 0.05) is 25.9 Å². The summed E-state index contributed by atoms with van der Waals surface area (Å²) in [5.41, 5.74) is 2.39. The highest BCUT2D eigenvalue weighted by Gasteiger charge is 2.21. The summed E-state index contributed by atoms with van der Waals surface area (Å²) in [5, 5.41) is 3.17. The molecule has 1 aliphatic rings. The number of nitrogens with zero attached hydrogens (tertiary/aromatic N) is 4. The van der Waals surface area contributed by atoms with Gasteiger partial charge in [0.15, 0.2) is 0 Å². The minimum atomic E-state index is -0.0227. The second kappa shape index (κ2) is 5.16. The van der Waals surface area contributed by atoms with Gasteiger partial charge in [-0.15, -0.1) is 0 Å². The van der Waals surface area contributed by atoms with Gasteiger partial charge >= 0.3 is 0 Å². The average molecular weight is 334 g/mol. The van der Waals surface area contributed by atoms with E-state index >= 15 is 0 Å². The van der Waals surface area contributed by atoms with Crippen LogP contribution in [-0.4, -0.2) is 39.8 Å². The number of carbonyl (C=O) groups is 1. The Morgan fingerprint density at radius 2 is 2.15 bits per heavy atom. The highest BCUT2D eigenvalue weighted by molar-refractivity contribution is 9.10. The van der Waals surface area contributed by atoms with E-state index in [0.717, 1.165) is 21.2 Å². The summed E-state index contributed by atoms with van der Waals surface area (Å²) in [4.78, 5) is 26.0. The molecule has 102 valence electrons. The molecule has 2 aromatic rings. The molecule has 1 aromatic carbocycles. The quantitative estimate of drug-likeness (QED) is 0.866. The Balaban J connectivity index is 1.95. The van der Waals surface area contributed by atoms with Gasteiger partial charge in [0.05, 0.1) is 22.2 Å². The van der Waals surface area contributed by atoms with E-state index in [1.165, 1.54) is 6.92 Å². The molecule has 2 heterocycles. The number of aliphatic imine (C=N–C) groups is 1. The van der Waals surface area contributed by atoms with Gasteiger partial charge < -0.3 is 5.32 Å². The molecule has 0 radical (unpaired) electrons. The lowest BCUT2D eigenvalue weighted by Crippen LogP contribution is -2.36. The summed E-state index contributed by atoms with van der Waals surface area (Å²) in [5.74, 6) is 0.548. The maximum Gasteiger partial charge on any atom is 0.226 e. The van der Waals surface area contributed by atoms with Crippen molar-refractivity contribution in [2.75, 3.05) is 18.4 Å². The zero-order valence-electron chi connectivity index (χ0n) is 10.8. The molecule has 0 fully saturated rings. The fourth-order valence-corrected chi connectivity index (χ4v) is 2.62. The zero-order chi connectivity index (χ0) is 14.1. The molecule has 7 heteroatoms. The number of benzene rings is 1. The molecular weight excluding hydrogens is 322 g/mol. The monoisotopic (exact) mass is 333 g/mol. The van der Waals surface area contributed by atoms with Crippen molar-refractivity contribution in [3.63, 3.8) is 0 Å². The number of fused-ring (bicyclic) bond motifs is 1. The van der Waals surface area contributed by atoms with Crippen molar-refractivity contribution in [3.05, 3.63) is 29.0 Å². The maximum absolute atomic E-state index is 11.5. The molecule has 0 unspecified atom stereocenters. The first-order chi connectivity index (χ1) is 9.66. The van der Waals surface area contributed by atoms with Gasteiger partial charge in [-0.3, -0.25) is 24.7 Å². The van der Waals surface area contributed by atoms with Crippen LogP contribution in [0.1, 0.15) is 6.92 Å². The third-order valence-electron chi connectivity index (χ3n) is 3.05. The normalized spacial score (nSPS) is 14.5. The number of rotatable bonds is 1. The van der Waals surface area contributed by atoms with Gasteiger partial charge in [-0.2, -0.15) is 0 Å². The Bertz CT molecular complexity index is 715. The van der Waals surface area contributed by atoms with Gasteiger partial charge in [-0.05, 0) is 28.1 Å². The van der Waals surface area contributed by atoms with E-state index in [2.05, 4.69) is 36.2 Å². The molecule has 0 saturated carbocycles. The smallest absolute Gasteiger partial charge is 0.226 e. The molecule has 0 atom stereocenters. The molecule has 1 amide bonds. The molecule has 6 nitrogen and oxygen atoms in total. The fourth-order valence-electron chi connectivity index (χ4n) is 2.08. The molecule has 1 aliphatic heterocycles. The summed E-state index contributed by atoms with van der Waals surface area (Å²) >= 11 is 3.52. The summed E-state index contributed by atoms with van der Waals surface area (Å²) in [6, 6.07) is 3.77. The lowest BCUT2D eigenvalue weighted by molar-refractivity contribution is -0.124. The van der Waals surface area contributed by atoms with Crippen LogP contribution < -0.4 is 5.32 Å². The first-order valence-corrected chi connectivity index (χ1v) is 6.95. The van der Waals surface area contributed by atoms with Crippen molar-refractivity contribution in [1.29, 1.82) is 0 Å². The van der Waals surface area contributed by atoms with Crippen LogP contribution in [0.15, 0.2) is 34.0 Å². The van der Waals surface area contributed by atoms with E-state index in [-0.39, 0.29) is 5.91 Å². The first-order valence-electron chi connectivity index (χ1n) is 6.15. The number of anilines is 1. The minimum Gasteiger partial charge on any atom is -0.325 e. The topological polar surface area (TPSA) is 70.5 Å². The van der Waals surface area contributed by atoms with Crippen LogP contribution in [0.25, 0.3) is 11.0 Å². The van der Waals surface area contributed by atoms with Crippen LogP contribution >= 0.6 is 15.9 Å². The van der Waals surface area contributed by atoms with Crippen LogP contribution in [0.5, 0.6) is 0 Å². The summed E-state index contributed by atoms with van der Waals surface area (Å²) in [6.07, 6.45) is 3.30. The predicted molar refractivity (Wildman–Crippen MR) is 80.5 cm³/mol. The van der Waals surface area contributed by atoms with Crippen LogP contribution in [0.4, 0.5) is 5.69 Å². The van der Waals surface area contributed by atoms with Crippen molar-refractivity contribution in [1.82, 2.24) is 14.9 Å². The number of hydrogen-bond donors (Lipinski definition) is 1. The molecule has 1 N–H and O–H groups in total. The number of carbonyl (C=O) groups excluding carboxylic acids is 1. The zero-order valence-corrected chi connectivity index (χ0v) is 12.4. The third kappa shape index (κ3) is 2.24. The maximum atomic E-state index is 11.5. The van der Waals surface area contributed by atoms with Gasteiger partial charge in [0.1, 0.15) is 5.52 Å². The molecule has 0 bridgehead atoms. The Labute approximate surface area is 124 Å². The Hall–Kier alpha value is -2.02. The minimum absolute atomic E-state index is 0.0227. The van der Waals surface area contributed by atoms with Crippen molar-refractivity contribution in [2.45, 2.75) is 6.92 Å².